The number of rotatable bonds is 13. The number of thiazole rings is 2. The van der Waals surface area contributed by atoms with E-state index in [9.17, 15) is 37.1 Å². The molecular weight excluding hydrogens is 889 g/mol. The molecule has 8 rings (SSSR count). The Morgan fingerprint density at radius 2 is 1.03 bits per heavy atom. The van der Waals surface area contributed by atoms with Crippen LogP contribution in [0.1, 0.15) is 28.1 Å². The van der Waals surface area contributed by atoms with Gasteiger partial charge in [0.25, 0.3) is 11.4 Å². The van der Waals surface area contributed by atoms with Gasteiger partial charge in [-0.25, -0.2) is 26.8 Å². The number of nitrogens with zero attached hydrogens (tertiary/aromatic N) is 8. The van der Waals surface area contributed by atoms with E-state index in [1.54, 1.807) is 18.4 Å². The molecular formula is C42H44N8O9S4. The number of methoxy groups -OCH3 is 1. The molecule has 6 aromatic rings. The molecule has 2 saturated heterocycles. The van der Waals surface area contributed by atoms with Crippen molar-refractivity contribution in [3.8, 4) is 5.75 Å². The third-order valence-corrected chi connectivity index (χ3v) is 16.3. The molecule has 2 fully saturated rings. The molecule has 0 spiro atoms. The minimum absolute atomic E-state index is 0.0510. The monoisotopic (exact) mass is 932 g/mol. The summed E-state index contributed by atoms with van der Waals surface area (Å²) in [5, 5.41) is 27.8. The van der Waals surface area contributed by atoms with Gasteiger partial charge in [0.15, 0.2) is 10.3 Å². The van der Waals surface area contributed by atoms with E-state index in [1.807, 2.05) is 47.2 Å². The van der Waals surface area contributed by atoms with Crippen LogP contribution in [0.25, 0.3) is 0 Å². The molecule has 4 heterocycles. The normalized spacial score (nSPS) is 15.1. The second kappa shape index (κ2) is 19.7. The van der Waals surface area contributed by atoms with E-state index in [2.05, 4.69) is 28.9 Å². The zero-order valence-corrected chi connectivity index (χ0v) is 37.6. The first kappa shape index (κ1) is 45.2. The number of aryl methyl sites for hydroxylation is 1. The minimum Gasteiger partial charge on any atom is -0.496 e. The SMILES string of the molecule is COc1ccccc1Cc1csc(N2CCN(S(=O)(=O)c3cccc([N+](=O)[O-])c3)CC2)n1.Cc1ccccc1Cc1csc(N2CCN(S(=O)(=O)c3cccc([N+](=O)[O-])c3)CC2)n1. The van der Waals surface area contributed by atoms with Crippen LogP contribution in [0, 0.1) is 27.2 Å². The van der Waals surface area contributed by atoms with Crippen LogP contribution in [-0.4, -0.2) is 105 Å². The lowest BCUT2D eigenvalue weighted by Gasteiger charge is -2.33. The molecule has 21 heteroatoms. The summed E-state index contributed by atoms with van der Waals surface area (Å²) >= 11 is 3.09. The largest absolute Gasteiger partial charge is 0.496 e. The van der Waals surface area contributed by atoms with Gasteiger partial charge in [-0.1, -0.05) is 54.6 Å². The van der Waals surface area contributed by atoms with Crippen molar-refractivity contribution in [3.05, 3.63) is 156 Å². The number of nitro groups is 2. The molecule has 0 radical (unpaired) electrons. The highest BCUT2D eigenvalue weighted by molar-refractivity contribution is 7.89. The molecule has 0 bridgehead atoms. The Hall–Kier alpha value is -5.84. The van der Waals surface area contributed by atoms with Crippen molar-refractivity contribution < 1.29 is 31.4 Å². The number of sulfonamides is 2. The molecule has 4 aromatic carbocycles. The van der Waals surface area contributed by atoms with Crippen molar-refractivity contribution >= 4 is 64.4 Å². The van der Waals surface area contributed by atoms with Crippen molar-refractivity contribution in [1.82, 2.24) is 18.6 Å². The Balaban J connectivity index is 0.000000189. The summed E-state index contributed by atoms with van der Waals surface area (Å²) in [6.45, 7) is 5.29. The molecule has 0 amide bonds. The fraction of sp³-hybridized carbons (Fsp3) is 0.286. The molecule has 0 atom stereocenters. The van der Waals surface area contributed by atoms with Gasteiger partial charge in [-0.3, -0.25) is 20.2 Å². The van der Waals surface area contributed by atoms with Crippen molar-refractivity contribution in [2.75, 3.05) is 69.3 Å². The lowest BCUT2D eigenvalue weighted by atomic mass is 10.1. The molecule has 330 valence electrons. The van der Waals surface area contributed by atoms with E-state index in [0.717, 1.165) is 51.5 Å². The number of hydrogen-bond donors (Lipinski definition) is 0. The standard InChI is InChI=1S/C21H22N4O5S2.C21H22N4O4S2/c1-30-20-8-3-2-5-16(20)13-17-15-31-21(22-17)23-9-11-24(12-10-23)32(28,29)19-7-4-6-18(14-19)25(26)27;1-16-5-2-3-6-17(16)13-18-15-30-21(22-18)23-9-11-24(12-10-23)31(28,29)20-8-4-7-19(14-20)25(26)27/h2-8,14-15H,9-13H2,1H3;2-8,14-15H,9-13H2,1H3. The van der Waals surface area contributed by atoms with E-state index >= 15 is 0 Å². The van der Waals surface area contributed by atoms with Crippen LogP contribution < -0.4 is 14.5 Å². The highest BCUT2D eigenvalue weighted by atomic mass is 32.2. The number of aromatic nitrogens is 2. The molecule has 63 heavy (non-hydrogen) atoms. The van der Waals surface area contributed by atoms with Crippen molar-refractivity contribution in [3.63, 3.8) is 0 Å². The zero-order valence-electron chi connectivity index (χ0n) is 34.3. The van der Waals surface area contributed by atoms with E-state index in [-0.39, 0.29) is 34.3 Å². The smallest absolute Gasteiger partial charge is 0.270 e. The first-order valence-electron chi connectivity index (χ1n) is 19.8. The fourth-order valence-corrected chi connectivity index (χ4v) is 11.8. The lowest BCUT2D eigenvalue weighted by molar-refractivity contribution is -0.385. The van der Waals surface area contributed by atoms with Gasteiger partial charge in [-0.05, 0) is 36.2 Å². The second-order valence-corrected chi connectivity index (χ2v) is 20.2. The summed E-state index contributed by atoms with van der Waals surface area (Å²) in [7, 11) is -5.93. The topological polar surface area (TPSA) is 203 Å². The zero-order chi connectivity index (χ0) is 44.7. The van der Waals surface area contributed by atoms with Gasteiger partial charge in [-0.15, -0.1) is 22.7 Å². The molecule has 0 saturated carbocycles. The predicted octanol–water partition coefficient (Wildman–Crippen LogP) is 6.62. The number of piperazine rings is 2. The molecule has 0 N–H and O–H groups in total. The Kier molecular flexibility index (Phi) is 14.1. The fourth-order valence-electron chi connectivity index (χ4n) is 7.15. The number of ether oxygens (including phenoxy) is 1. The number of benzene rings is 4. The summed E-state index contributed by atoms with van der Waals surface area (Å²) in [5.41, 5.74) is 4.99. The van der Waals surface area contributed by atoms with Crippen LogP contribution in [0.3, 0.4) is 0 Å². The Morgan fingerprint density at radius 3 is 1.48 bits per heavy atom. The summed E-state index contributed by atoms with van der Waals surface area (Å²) in [6, 6.07) is 26.4. The maximum absolute atomic E-state index is 12.9. The maximum Gasteiger partial charge on any atom is 0.270 e. The van der Waals surface area contributed by atoms with Gasteiger partial charge in [0.2, 0.25) is 20.0 Å². The Bertz CT molecular complexity index is 2800. The van der Waals surface area contributed by atoms with E-state index < -0.39 is 29.9 Å². The first-order valence-corrected chi connectivity index (χ1v) is 24.4. The molecule has 2 aliphatic heterocycles. The molecule has 17 nitrogen and oxygen atoms in total. The third kappa shape index (κ3) is 10.7. The first-order chi connectivity index (χ1) is 30.2. The molecule has 2 aliphatic rings. The number of para-hydroxylation sites is 1. The number of non-ortho nitro benzene ring substituents is 2. The van der Waals surface area contributed by atoms with Crippen LogP contribution in [-0.2, 0) is 32.9 Å². The van der Waals surface area contributed by atoms with Crippen LogP contribution in [0.15, 0.2) is 118 Å². The Labute approximate surface area is 373 Å². The predicted molar refractivity (Wildman–Crippen MR) is 242 cm³/mol. The second-order valence-electron chi connectivity index (χ2n) is 14.6. The number of hydrogen-bond acceptors (Lipinski definition) is 15. The van der Waals surface area contributed by atoms with Crippen LogP contribution >= 0.6 is 22.7 Å². The molecule has 0 aliphatic carbocycles. The molecule has 0 unspecified atom stereocenters. The van der Waals surface area contributed by atoms with Crippen molar-refractivity contribution in [2.24, 2.45) is 0 Å². The van der Waals surface area contributed by atoms with Gasteiger partial charge >= 0.3 is 0 Å². The van der Waals surface area contributed by atoms with Gasteiger partial charge in [0.05, 0.1) is 38.1 Å². The van der Waals surface area contributed by atoms with Crippen LogP contribution in [0.4, 0.5) is 21.6 Å². The summed E-state index contributed by atoms with van der Waals surface area (Å²) in [5.74, 6) is 0.821. The van der Waals surface area contributed by atoms with Gasteiger partial charge in [-0.2, -0.15) is 8.61 Å². The Morgan fingerprint density at radius 1 is 0.603 bits per heavy atom. The third-order valence-electron chi connectivity index (χ3n) is 10.6. The average molecular weight is 933 g/mol. The van der Waals surface area contributed by atoms with Gasteiger partial charge < -0.3 is 14.5 Å². The van der Waals surface area contributed by atoms with E-state index in [1.165, 1.54) is 67.5 Å². The highest BCUT2D eigenvalue weighted by Gasteiger charge is 2.32. The minimum atomic E-state index is -3.80. The van der Waals surface area contributed by atoms with Crippen molar-refractivity contribution in [2.45, 2.75) is 29.6 Å². The summed E-state index contributed by atoms with van der Waals surface area (Å²) < 4.78 is 59.9. The number of anilines is 2. The van der Waals surface area contributed by atoms with Crippen LogP contribution in [0.2, 0.25) is 0 Å². The maximum atomic E-state index is 12.9. The lowest BCUT2D eigenvalue weighted by Crippen LogP contribution is -2.48. The van der Waals surface area contributed by atoms with Gasteiger partial charge in [0.1, 0.15) is 5.75 Å². The summed E-state index contributed by atoms with van der Waals surface area (Å²) in [4.78, 5) is 34.3. The van der Waals surface area contributed by atoms with Crippen LogP contribution in [0.5, 0.6) is 5.75 Å². The van der Waals surface area contributed by atoms with E-state index in [4.69, 9.17) is 14.7 Å². The van der Waals surface area contributed by atoms with E-state index in [0.29, 0.717) is 45.7 Å². The molecule has 2 aromatic heterocycles. The van der Waals surface area contributed by atoms with Crippen molar-refractivity contribution in [1.29, 1.82) is 0 Å². The quantitative estimate of drug-likeness (QED) is 0.0884. The number of nitro benzene ring substituents is 2. The highest BCUT2D eigenvalue weighted by Crippen LogP contribution is 2.30. The van der Waals surface area contributed by atoms with Gasteiger partial charge in [0, 0.05) is 106 Å². The summed E-state index contributed by atoms with van der Waals surface area (Å²) in [6.07, 6.45) is 1.42. The average Bonchev–Trinajstić information content (AvgIpc) is 3.98.